The highest BCUT2D eigenvalue weighted by molar-refractivity contribution is 5.93. The molecule has 2 N–H and O–H groups in total. The summed E-state index contributed by atoms with van der Waals surface area (Å²) < 4.78 is 0. The van der Waals surface area contributed by atoms with Crippen LogP contribution in [0.25, 0.3) is 0 Å². The number of hydrogen-bond acceptors (Lipinski definition) is 3. The van der Waals surface area contributed by atoms with Gasteiger partial charge in [-0.05, 0) is 30.7 Å². The van der Waals surface area contributed by atoms with Gasteiger partial charge in [-0.2, -0.15) is 0 Å². The van der Waals surface area contributed by atoms with E-state index in [2.05, 4.69) is 17.2 Å². The van der Waals surface area contributed by atoms with Gasteiger partial charge in [0.25, 0.3) is 0 Å². The number of carboxylic acids is 1. The Bertz CT molecular complexity index is 426. The van der Waals surface area contributed by atoms with Gasteiger partial charge in [-0.25, -0.2) is 4.79 Å². The first-order valence-corrected chi connectivity index (χ1v) is 6.58. The molecule has 0 aromatic carbocycles. The summed E-state index contributed by atoms with van der Waals surface area (Å²) in [6.07, 6.45) is 9.23. The smallest absolute Gasteiger partial charge is 0.339 e. The third-order valence-electron chi connectivity index (χ3n) is 4.12. The molecule has 0 bridgehead atoms. The lowest BCUT2D eigenvalue weighted by atomic mass is 9.83. The Morgan fingerprint density at radius 1 is 1.50 bits per heavy atom. The topological polar surface area (TPSA) is 62.2 Å². The average Bonchev–Trinajstić information content (AvgIpc) is 2.86. The first-order chi connectivity index (χ1) is 8.67. The van der Waals surface area contributed by atoms with Crippen molar-refractivity contribution in [3.63, 3.8) is 0 Å². The highest BCUT2D eigenvalue weighted by Gasteiger charge is 2.31. The second-order valence-corrected chi connectivity index (χ2v) is 5.14. The molecule has 98 valence electrons. The zero-order chi connectivity index (χ0) is 13.0. The van der Waals surface area contributed by atoms with Gasteiger partial charge in [0.05, 0.1) is 5.69 Å². The van der Waals surface area contributed by atoms with Crippen LogP contribution < -0.4 is 5.32 Å². The maximum absolute atomic E-state index is 11.1. The van der Waals surface area contributed by atoms with E-state index in [1.54, 1.807) is 12.3 Å². The Morgan fingerprint density at radius 2 is 2.22 bits per heavy atom. The number of pyridine rings is 1. The second kappa shape index (κ2) is 5.38. The third kappa shape index (κ3) is 2.63. The first-order valence-electron chi connectivity index (χ1n) is 6.58. The van der Waals surface area contributed by atoms with Crippen LogP contribution in [0.1, 0.15) is 49.4 Å². The molecule has 1 aliphatic rings. The summed E-state index contributed by atoms with van der Waals surface area (Å²) in [6, 6.07) is 1.74. The van der Waals surface area contributed by atoms with E-state index in [9.17, 15) is 4.79 Å². The molecule has 4 heteroatoms. The van der Waals surface area contributed by atoms with Gasteiger partial charge < -0.3 is 10.4 Å². The molecule has 4 nitrogen and oxygen atoms in total. The Hall–Kier alpha value is -1.58. The summed E-state index contributed by atoms with van der Waals surface area (Å²) in [7, 11) is 0. The zero-order valence-corrected chi connectivity index (χ0v) is 10.8. The van der Waals surface area contributed by atoms with Gasteiger partial charge in [0.15, 0.2) is 0 Å². The zero-order valence-electron chi connectivity index (χ0n) is 10.8. The average molecular weight is 248 g/mol. The van der Waals surface area contributed by atoms with Crippen molar-refractivity contribution in [2.24, 2.45) is 5.41 Å². The summed E-state index contributed by atoms with van der Waals surface area (Å²) in [5.74, 6) is -0.928. The highest BCUT2D eigenvalue weighted by Crippen LogP contribution is 2.41. The molecule has 1 aliphatic carbocycles. The number of aromatic nitrogens is 1. The summed E-state index contributed by atoms with van der Waals surface area (Å²) in [6.45, 7) is 3.07. The van der Waals surface area contributed by atoms with Gasteiger partial charge in [-0.1, -0.05) is 19.8 Å². The normalized spacial score (nSPS) is 17.6. The van der Waals surface area contributed by atoms with Gasteiger partial charge in [0.1, 0.15) is 5.56 Å². The van der Waals surface area contributed by atoms with E-state index in [1.165, 1.54) is 31.9 Å². The Kier molecular flexibility index (Phi) is 3.84. The molecule has 18 heavy (non-hydrogen) atoms. The molecular formula is C14H20N2O2. The molecule has 0 radical (unpaired) electrons. The van der Waals surface area contributed by atoms with Crippen LogP contribution in [-0.4, -0.2) is 22.6 Å². The molecule has 1 fully saturated rings. The Morgan fingerprint density at radius 3 is 2.83 bits per heavy atom. The van der Waals surface area contributed by atoms with Crippen LogP contribution in [-0.2, 0) is 0 Å². The number of nitrogens with one attached hydrogen (secondary N) is 1. The lowest BCUT2D eigenvalue weighted by molar-refractivity contribution is 0.0697. The molecule has 0 unspecified atom stereocenters. The first kappa shape index (κ1) is 12.9. The molecule has 2 rings (SSSR count). The van der Waals surface area contributed by atoms with Gasteiger partial charge in [-0.15, -0.1) is 0 Å². The highest BCUT2D eigenvalue weighted by atomic mass is 16.4. The predicted molar refractivity (Wildman–Crippen MR) is 70.9 cm³/mol. The molecule has 0 amide bonds. The summed E-state index contributed by atoms with van der Waals surface area (Å²) in [4.78, 5) is 15.0. The third-order valence-corrected chi connectivity index (χ3v) is 4.12. The fourth-order valence-electron chi connectivity index (χ4n) is 2.78. The standard InChI is InChI=1S/C14H20N2O2/c1-2-14(6-3-4-7-14)10-16-12-5-8-15-9-11(12)13(17)18/h5,8-9H,2-4,6-7,10H2,1H3,(H,15,16)(H,17,18). The van der Waals surface area contributed by atoms with Crippen LogP contribution >= 0.6 is 0 Å². The van der Waals surface area contributed by atoms with Crippen LogP contribution in [0.3, 0.4) is 0 Å². The van der Waals surface area contributed by atoms with E-state index in [1.807, 2.05) is 0 Å². The lowest BCUT2D eigenvalue weighted by Gasteiger charge is -2.28. The molecule has 1 heterocycles. The summed E-state index contributed by atoms with van der Waals surface area (Å²) in [5, 5.41) is 12.4. The van der Waals surface area contributed by atoms with Gasteiger partial charge >= 0.3 is 5.97 Å². The summed E-state index contributed by atoms with van der Waals surface area (Å²) in [5.41, 5.74) is 1.28. The van der Waals surface area contributed by atoms with Gasteiger partial charge in [0, 0.05) is 18.9 Å². The quantitative estimate of drug-likeness (QED) is 0.840. The van der Waals surface area contributed by atoms with Crippen molar-refractivity contribution >= 4 is 11.7 Å². The molecular weight excluding hydrogens is 228 g/mol. The monoisotopic (exact) mass is 248 g/mol. The Balaban J connectivity index is 2.08. The van der Waals surface area contributed by atoms with Crippen LogP contribution in [0.5, 0.6) is 0 Å². The molecule has 0 saturated heterocycles. The van der Waals surface area contributed by atoms with E-state index in [4.69, 9.17) is 5.11 Å². The number of aromatic carboxylic acids is 1. The van der Waals surface area contributed by atoms with E-state index in [-0.39, 0.29) is 5.56 Å². The van der Waals surface area contributed by atoms with Crippen molar-refractivity contribution in [2.75, 3.05) is 11.9 Å². The van der Waals surface area contributed by atoms with Crippen molar-refractivity contribution in [3.8, 4) is 0 Å². The molecule has 0 aliphatic heterocycles. The molecule has 1 aromatic rings. The number of nitrogens with zero attached hydrogens (tertiary/aromatic N) is 1. The maximum Gasteiger partial charge on any atom is 0.339 e. The number of hydrogen-bond donors (Lipinski definition) is 2. The van der Waals surface area contributed by atoms with Crippen molar-refractivity contribution in [2.45, 2.75) is 39.0 Å². The number of anilines is 1. The fraction of sp³-hybridized carbons (Fsp3) is 0.571. The molecule has 1 aromatic heterocycles. The molecule has 1 saturated carbocycles. The van der Waals surface area contributed by atoms with Crippen molar-refractivity contribution in [1.29, 1.82) is 0 Å². The van der Waals surface area contributed by atoms with Crippen molar-refractivity contribution in [1.82, 2.24) is 4.98 Å². The van der Waals surface area contributed by atoms with Crippen molar-refractivity contribution < 1.29 is 9.90 Å². The maximum atomic E-state index is 11.1. The van der Waals surface area contributed by atoms with Crippen LogP contribution in [0.4, 0.5) is 5.69 Å². The van der Waals surface area contributed by atoms with Crippen LogP contribution in [0.15, 0.2) is 18.5 Å². The minimum absolute atomic E-state index is 0.252. The summed E-state index contributed by atoms with van der Waals surface area (Å²) >= 11 is 0. The fourth-order valence-corrected chi connectivity index (χ4v) is 2.78. The minimum atomic E-state index is -0.928. The van der Waals surface area contributed by atoms with Gasteiger partial charge in [-0.3, -0.25) is 4.98 Å². The lowest BCUT2D eigenvalue weighted by Crippen LogP contribution is -2.26. The number of carboxylic acid groups (broad SMARTS) is 1. The van der Waals surface area contributed by atoms with E-state index in [0.29, 0.717) is 11.1 Å². The largest absolute Gasteiger partial charge is 0.478 e. The van der Waals surface area contributed by atoms with Crippen LogP contribution in [0, 0.1) is 5.41 Å². The second-order valence-electron chi connectivity index (χ2n) is 5.14. The van der Waals surface area contributed by atoms with Crippen molar-refractivity contribution in [3.05, 3.63) is 24.0 Å². The number of carbonyl (C=O) groups is 1. The SMILES string of the molecule is CCC1(CNc2ccncc2C(=O)O)CCCC1. The van der Waals surface area contributed by atoms with Crippen LogP contribution in [0.2, 0.25) is 0 Å². The Labute approximate surface area is 107 Å². The molecule has 0 atom stereocenters. The minimum Gasteiger partial charge on any atom is -0.478 e. The molecule has 0 spiro atoms. The van der Waals surface area contributed by atoms with E-state index >= 15 is 0 Å². The number of rotatable bonds is 5. The van der Waals surface area contributed by atoms with E-state index in [0.717, 1.165) is 13.0 Å². The predicted octanol–water partition coefficient (Wildman–Crippen LogP) is 3.16. The van der Waals surface area contributed by atoms with Gasteiger partial charge in [0.2, 0.25) is 0 Å². The van der Waals surface area contributed by atoms with E-state index < -0.39 is 5.97 Å².